The Bertz CT molecular complexity index is 820. The molecule has 0 aromatic heterocycles. The van der Waals surface area contributed by atoms with Gasteiger partial charge < -0.3 is 15.4 Å². The molecule has 3 rings (SSSR count). The van der Waals surface area contributed by atoms with Crippen molar-refractivity contribution in [3.63, 3.8) is 0 Å². The summed E-state index contributed by atoms with van der Waals surface area (Å²) in [7, 11) is 1.22. The zero-order valence-electron chi connectivity index (χ0n) is 16.4. The van der Waals surface area contributed by atoms with Crippen molar-refractivity contribution in [3.05, 3.63) is 35.6 Å². The molecular weight excluding hydrogens is 381 g/mol. The lowest BCUT2D eigenvalue weighted by Gasteiger charge is -2.26. The number of ether oxygens (including phenoxy) is 1. The van der Waals surface area contributed by atoms with Gasteiger partial charge in [-0.2, -0.15) is 0 Å². The van der Waals surface area contributed by atoms with E-state index in [4.69, 9.17) is 0 Å². The van der Waals surface area contributed by atoms with Gasteiger partial charge in [0, 0.05) is 0 Å². The van der Waals surface area contributed by atoms with E-state index in [1.807, 2.05) is 0 Å². The van der Waals surface area contributed by atoms with Crippen LogP contribution in [0.15, 0.2) is 24.3 Å². The zero-order valence-corrected chi connectivity index (χ0v) is 16.4. The predicted octanol–water partition coefficient (Wildman–Crippen LogP) is 1.80. The summed E-state index contributed by atoms with van der Waals surface area (Å²) >= 11 is 0. The molecule has 1 aromatic rings. The summed E-state index contributed by atoms with van der Waals surface area (Å²) in [5, 5.41) is 5.42. The number of carbonyl (C=O) groups excluding carboxylic acids is 4. The van der Waals surface area contributed by atoms with Crippen molar-refractivity contribution in [2.75, 3.05) is 7.11 Å². The van der Waals surface area contributed by atoms with Gasteiger partial charge in [0.05, 0.1) is 19.6 Å². The molecule has 1 aromatic carbocycles. The first-order valence-electron chi connectivity index (χ1n) is 9.56. The van der Waals surface area contributed by atoms with Crippen LogP contribution in [-0.4, -0.2) is 47.4 Å². The lowest BCUT2D eigenvalue weighted by Crippen LogP contribution is -2.50. The molecule has 2 fully saturated rings. The first-order chi connectivity index (χ1) is 13.8. The third kappa shape index (κ3) is 4.08. The third-order valence-corrected chi connectivity index (χ3v) is 5.60. The number of benzene rings is 1. The number of nitrogens with zero attached hydrogens (tertiary/aromatic N) is 1. The van der Waals surface area contributed by atoms with Crippen molar-refractivity contribution < 1.29 is 28.3 Å². The molecule has 9 heteroatoms. The quantitative estimate of drug-likeness (QED) is 0.555. The summed E-state index contributed by atoms with van der Waals surface area (Å²) in [6.45, 7) is 1.46. The minimum absolute atomic E-state index is 0.176. The molecule has 1 aliphatic carbocycles. The number of urea groups is 1. The molecule has 2 atom stereocenters. The molecule has 29 heavy (non-hydrogen) atoms. The maximum atomic E-state index is 13.2. The fraction of sp³-hybridized carbons (Fsp3) is 0.500. The summed E-state index contributed by atoms with van der Waals surface area (Å²) in [5.41, 5.74) is -0.407. The van der Waals surface area contributed by atoms with Crippen molar-refractivity contribution in [2.24, 2.45) is 0 Å². The molecular formula is C20H24FN3O5. The summed E-state index contributed by atoms with van der Waals surface area (Å²) in [4.78, 5) is 50.8. The Morgan fingerprint density at radius 2 is 1.86 bits per heavy atom. The van der Waals surface area contributed by atoms with E-state index in [0.29, 0.717) is 18.4 Å². The van der Waals surface area contributed by atoms with Crippen LogP contribution in [0.1, 0.15) is 50.6 Å². The van der Waals surface area contributed by atoms with Gasteiger partial charge in [-0.1, -0.05) is 25.0 Å². The van der Waals surface area contributed by atoms with Crippen molar-refractivity contribution in [3.8, 4) is 0 Å². The van der Waals surface area contributed by atoms with Gasteiger partial charge in [-0.15, -0.1) is 0 Å². The van der Waals surface area contributed by atoms with Gasteiger partial charge in [-0.3, -0.25) is 14.4 Å². The monoisotopic (exact) mass is 405 g/mol. The Morgan fingerprint density at radius 1 is 1.24 bits per heavy atom. The van der Waals surface area contributed by atoms with E-state index < -0.39 is 47.3 Å². The Morgan fingerprint density at radius 3 is 2.45 bits per heavy atom. The molecule has 1 spiro atoms. The lowest BCUT2D eigenvalue weighted by molar-refractivity contribution is -0.142. The number of halogens is 1. The Balaban J connectivity index is 1.76. The highest BCUT2D eigenvalue weighted by molar-refractivity contribution is 6.10. The number of hydrogen-bond donors (Lipinski definition) is 2. The van der Waals surface area contributed by atoms with Crippen LogP contribution in [-0.2, 0) is 19.1 Å². The molecule has 2 unspecified atom stereocenters. The van der Waals surface area contributed by atoms with Crippen LogP contribution in [0.5, 0.6) is 0 Å². The molecule has 8 nitrogen and oxygen atoms in total. The second-order valence-corrected chi connectivity index (χ2v) is 7.46. The SMILES string of the molecule is COC(=O)CC(NC(=O)C(C)N1C(=O)NC2(CCCC2)C1=O)c1ccc(F)cc1. The first kappa shape index (κ1) is 20.8. The number of rotatable bonds is 6. The van der Waals surface area contributed by atoms with E-state index in [2.05, 4.69) is 15.4 Å². The molecule has 2 N–H and O–H groups in total. The Hall–Kier alpha value is -2.97. The average molecular weight is 405 g/mol. The van der Waals surface area contributed by atoms with E-state index >= 15 is 0 Å². The molecule has 1 aliphatic heterocycles. The van der Waals surface area contributed by atoms with Crippen molar-refractivity contribution in [1.29, 1.82) is 0 Å². The molecule has 0 radical (unpaired) electrons. The van der Waals surface area contributed by atoms with Crippen molar-refractivity contribution >= 4 is 23.8 Å². The smallest absolute Gasteiger partial charge is 0.325 e. The average Bonchev–Trinajstić information content (AvgIpc) is 3.26. The van der Waals surface area contributed by atoms with Crippen molar-refractivity contribution in [2.45, 2.75) is 56.7 Å². The first-order valence-corrected chi connectivity index (χ1v) is 9.56. The highest BCUT2D eigenvalue weighted by Gasteiger charge is 2.54. The molecule has 2 aliphatic rings. The normalized spacial score (nSPS) is 19.8. The Labute approximate surface area is 167 Å². The second-order valence-electron chi connectivity index (χ2n) is 7.46. The molecule has 1 saturated heterocycles. The van der Waals surface area contributed by atoms with Crippen LogP contribution in [0.2, 0.25) is 0 Å². The molecule has 4 amide bonds. The topological polar surface area (TPSA) is 105 Å². The van der Waals surface area contributed by atoms with Crippen LogP contribution < -0.4 is 10.6 Å². The van der Waals surface area contributed by atoms with Gasteiger partial charge in [0.1, 0.15) is 17.4 Å². The molecule has 156 valence electrons. The van der Waals surface area contributed by atoms with Crippen LogP contribution in [0.3, 0.4) is 0 Å². The van der Waals surface area contributed by atoms with Crippen molar-refractivity contribution in [1.82, 2.24) is 15.5 Å². The predicted molar refractivity (Wildman–Crippen MR) is 100.0 cm³/mol. The van der Waals surface area contributed by atoms with Crippen LogP contribution in [0.4, 0.5) is 9.18 Å². The van der Waals surface area contributed by atoms with Gasteiger partial charge in [0.15, 0.2) is 0 Å². The number of amides is 4. The summed E-state index contributed by atoms with van der Waals surface area (Å²) in [5.74, 6) is -2.01. The minimum atomic E-state index is -1.07. The van der Waals surface area contributed by atoms with Crippen LogP contribution in [0.25, 0.3) is 0 Å². The van der Waals surface area contributed by atoms with Gasteiger partial charge in [0.25, 0.3) is 5.91 Å². The highest BCUT2D eigenvalue weighted by Crippen LogP contribution is 2.35. The van der Waals surface area contributed by atoms with E-state index in [1.165, 1.54) is 38.3 Å². The fourth-order valence-corrected chi connectivity index (χ4v) is 3.92. The molecule has 0 bridgehead atoms. The molecule has 1 heterocycles. The van der Waals surface area contributed by atoms with E-state index in [0.717, 1.165) is 17.7 Å². The number of carbonyl (C=O) groups is 4. The summed E-state index contributed by atoms with van der Waals surface area (Å²) in [6, 6.07) is 2.89. The molecule has 1 saturated carbocycles. The largest absolute Gasteiger partial charge is 0.469 e. The maximum absolute atomic E-state index is 13.2. The van der Waals surface area contributed by atoms with E-state index in [1.54, 1.807) is 0 Å². The van der Waals surface area contributed by atoms with Crippen LogP contribution >= 0.6 is 0 Å². The zero-order chi connectivity index (χ0) is 21.2. The van der Waals surface area contributed by atoms with Gasteiger partial charge in [-0.25, -0.2) is 14.1 Å². The number of esters is 1. The van der Waals surface area contributed by atoms with Gasteiger partial charge in [-0.05, 0) is 37.5 Å². The maximum Gasteiger partial charge on any atom is 0.325 e. The standard InChI is InChI=1S/C20H24FN3O5/c1-12(24-18(27)20(23-19(24)28)9-3-4-10-20)17(26)22-15(11-16(25)29-2)13-5-7-14(21)8-6-13/h5-8,12,15H,3-4,9-11H2,1-2H3,(H,22,26)(H,23,28). The van der Waals surface area contributed by atoms with E-state index in [9.17, 15) is 23.6 Å². The van der Waals surface area contributed by atoms with Gasteiger partial charge >= 0.3 is 12.0 Å². The number of methoxy groups -OCH3 is 1. The fourth-order valence-electron chi connectivity index (χ4n) is 3.92. The lowest BCUT2D eigenvalue weighted by atomic mass is 9.97. The minimum Gasteiger partial charge on any atom is -0.469 e. The van der Waals surface area contributed by atoms with E-state index in [-0.39, 0.29) is 6.42 Å². The van der Waals surface area contributed by atoms with Gasteiger partial charge in [0.2, 0.25) is 5.91 Å². The summed E-state index contributed by atoms with van der Waals surface area (Å²) < 4.78 is 17.9. The number of nitrogens with one attached hydrogen (secondary N) is 2. The van der Waals surface area contributed by atoms with Crippen LogP contribution in [0, 0.1) is 5.82 Å². The number of hydrogen-bond acceptors (Lipinski definition) is 5. The second kappa shape index (κ2) is 8.18. The Kier molecular flexibility index (Phi) is 5.86. The highest BCUT2D eigenvalue weighted by atomic mass is 19.1. The number of imide groups is 1. The third-order valence-electron chi connectivity index (χ3n) is 5.60. The summed E-state index contributed by atoms with van der Waals surface area (Å²) in [6.07, 6.45) is 2.62.